The van der Waals surface area contributed by atoms with Gasteiger partial charge >= 0.3 is 7.12 Å². The molecule has 0 spiro atoms. The van der Waals surface area contributed by atoms with Crippen molar-refractivity contribution < 1.29 is 14.4 Å². The average Bonchev–Trinajstić information content (AvgIpc) is 2.00. The van der Waals surface area contributed by atoms with Crippen LogP contribution in [0.15, 0.2) is 12.1 Å². The first-order valence-electron chi connectivity index (χ1n) is 4.90. The lowest BCUT2D eigenvalue weighted by Gasteiger charge is -2.19. The van der Waals surface area contributed by atoms with Crippen molar-refractivity contribution in [3.05, 3.63) is 23.5 Å². The summed E-state index contributed by atoms with van der Waals surface area (Å²) in [5.74, 6) is -0.240. The Hall–Kier alpha value is -0.648. The van der Waals surface area contributed by atoms with E-state index in [1.54, 1.807) is 13.0 Å². The number of hydrogen-bond donors (Lipinski definition) is 2. The molecule has 2 nitrogen and oxygen atoms in total. The first kappa shape index (κ1) is 12.4. The van der Waals surface area contributed by atoms with Gasteiger partial charge < -0.3 is 10.0 Å². The molecule has 0 aromatic heterocycles. The maximum atomic E-state index is 13.7. The summed E-state index contributed by atoms with van der Waals surface area (Å²) in [6, 6.07) is 2.96. The van der Waals surface area contributed by atoms with Gasteiger partial charge in [-0.05, 0) is 29.2 Å². The number of rotatable bonds is 2. The largest absolute Gasteiger partial charge is 0.488 e. The van der Waals surface area contributed by atoms with Crippen LogP contribution in [0.2, 0.25) is 19.6 Å². The van der Waals surface area contributed by atoms with Crippen LogP contribution >= 0.6 is 0 Å². The van der Waals surface area contributed by atoms with Crippen molar-refractivity contribution in [3.8, 4) is 0 Å². The van der Waals surface area contributed by atoms with Gasteiger partial charge in [-0.3, -0.25) is 0 Å². The molecular formula is C10H16BFO2Si. The molecule has 0 amide bonds. The van der Waals surface area contributed by atoms with E-state index in [1.165, 1.54) is 6.07 Å². The molecule has 1 aromatic carbocycles. The van der Waals surface area contributed by atoms with E-state index in [9.17, 15) is 4.39 Å². The zero-order valence-corrected chi connectivity index (χ0v) is 10.5. The second kappa shape index (κ2) is 4.08. The van der Waals surface area contributed by atoms with E-state index in [1.807, 2.05) is 19.6 Å². The van der Waals surface area contributed by atoms with Crippen LogP contribution in [0.4, 0.5) is 4.39 Å². The summed E-state index contributed by atoms with van der Waals surface area (Å²) in [6.45, 7) is 7.74. The van der Waals surface area contributed by atoms with E-state index in [0.717, 1.165) is 0 Å². The van der Waals surface area contributed by atoms with Gasteiger partial charge in [0.05, 0.1) is 8.07 Å². The lowest BCUT2D eigenvalue weighted by Crippen LogP contribution is -2.45. The summed E-state index contributed by atoms with van der Waals surface area (Å²) < 4.78 is 13.7. The minimum atomic E-state index is -1.78. The van der Waals surface area contributed by atoms with E-state index in [2.05, 4.69) is 0 Å². The molecule has 0 saturated heterocycles. The molecule has 82 valence electrons. The number of halogens is 1. The molecule has 0 atom stereocenters. The molecule has 0 fully saturated rings. The molecule has 0 aliphatic rings. The molecular weight excluding hydrogens is 210 g/mol. The van der Waals surface area contributed by atoms with Gasteiger partial charge in [0.2, 0.25) is 0 Å². The van der Waals surface area contributed by atoms with E-state index >= 15 is 0 Å². The van der Waals surface area contributed by atoms with E-state index in [4.69, 9.17) is 10.0 Å². The van der Waals surface area contributed by atoms with Crippen molar-refractivity contribution in [2.45, 2.75) is 26.6 Å². The number of hydrogen-bond acceptors (Lipinski definition) is 2. The molecule has 15 heavy (non-hydrogen) atoms. The van der Waals surface area contributed by atoms with E-state index in [0.29, 0.717) is 16.2 Å². The molecule has 5 heteroatoms. The predicted octanol–water partition coefficient (Wildman–Crippen LogP) is 0.359. The summed E-state index contributed by atoms with van der Waals surface area (Å²) >= 11 is 0. The first-order chi connectivity index (χ1) is 6.73. The zero-order valence-electron chi connectivity index (χ0n) is 9.50. The van der Waals surface area contributed by atoms with Crippen LogP contribution in [0.5, 0.6) is 0 Å². The fraction of sp³-hybridized carbons (Fsp3) is 0.400. The minimum Gasteiger partial charge on any atom is -0.423 e. The van der Waals surface area contributed by atoms with Crippen LogP contribution in [0.1, 0.15) is 5.56 Å². The van der Waals surface area contributed by atoms with Gasteiger partial charge in [-0.15, -0.1) is 0 Å². The third-order valence-corrected chi connectivity index (χ3v) is 4.44. The molecule has 0 saturated carbocycles. The highest BCUT2D eigenvalue weighted by Crippen LogP contribution is 2.07. The Morgan fingerprint density at radius 2 is 1.73 bits per heavy atom. The Morgan fingerprint density at radius 1 is 1.20 bits per heavy atom. The van der Waals surface area contributed by atoms with Crippen molar-refractivity contribution >= 4 is 25.8 Å². The van der Waals surface area contributed by atoms with Crippen molar-refractivity contribution in [2.75, 3.05) is 0 Å². The zero-order chi connectivity index (χ0) is 11.8. The Morgan fingerprint density at radius 3 is 2.13 bits per heavy atom. The quantitative estimate of drug-likeness (QED) is 0.715. The van der Waals surface area contributed by atoms with E-state index < -0.39 is 15.2 Å². The Kier molecular flexibility index (Phi) is 3.38. The SMILES string of the molecule is Cc1cc(F)c([Si](C)(C)C)cc1B(O)O. The van der Waals surface area contributed by atoms with Gasteiger partial charge in [-0.1, -0.05) is 25.7 Å². The first-order valence-corrected chi connectivity index (χ1v) is 8.40. The molecule has 0 aliphatic carbocycles. The van der Waals surface area contributed by atoms with Crippen LogP contribution < -0.4 is 10.6 Å². The van der Waals surface area contributed by atoms with Crippen LogP contribution in [0, 0.1) is 12.7 Å². The molecule has 2 N–H and O–H groups in total. The highest BCUT2D eigenvalue weighted by Gasteiger charge is 2.24. The predicted molar refractivity (Wildman–Crippen MR) is 63.9 cm³/mol. The second-order valence-electron chi connectivity index (χ2n) is 4.81. The monoisotopic (exact) mass is 226 g/mol. The van der Waals surface area contributed by atoms with Crippen molar-refractivity contribution in [2.24, 2.45) is 0 Å². The van der Waals surface area contributed by atoms with E-state index in [-0.39, 0.29) is 5.82 Å². The van der Waals surface area contributed by atoms with Crippen molar-refractivity contribution in [1.29, 1.82) is 0 Å². The summed E-state index contributed by atoms with van der Waals surface area (Å²) in [7, 11) is -3.30. The van der Waals surface area contributed by atoms with Crippen LogP contribution in [0.25, 0.3) is 0 Å². The van der Waals surface area contributed by atoms with Gasteiger partial charge in [-0.2, -0.15) is 0 Å². The maximum Gasteiger partial charge on any atom is 0.488 e. The molecule has 0 radical (unpaired) electrons. The fourth-order valence-corrected chi connectivity index (χ4v) is 2.92. The lowest BCUT2D eigenvalue weighted by molar-refractivity contribution is 0.425. The Bertz CT molecular complexity index is 374. The Balaban J connectivity index is 3.37. The van der Waals surface area contributed by atoms with Crippen LogP contribution in [-0.2, 0) is 0 Å². The normalized spacial score (nSPS) is 11.7. The van der Waals surface area contributed by atoms with Gasteiger partial charge in [0.1, 0.15) is 5.82 Å². The third kappa shape index (κ3) is 2.68. The number of aryl methyl sites for hydroxylation is 1. The third-order valence-electron chi connectivity index (χ3n) is 2.44. The lowest BCUT2D eigenvalue weighted by atomic mass is 9.77. The van der Waals surface area contributed by atoms with Gasteiger partial charge in [0, 0.05) is 0 Å². The summed E-state index contributed by atoms with van der Waals surface area (Å²) in [5.41, 5.74) is 0.971. The smallest absolute Gasteiger partial charge is 0.423 e. The summed E-state index contributed by atoms with van der Waals surface area (Å²) in [6.07, 6.45) is 0. The highest BCUT2D eigenvalue weighted by atomic mass is 28.3. The van der Waals surface area contributed by atoms with Crippen LogP contribution in [0.3, 0.4) is 0 Å². The van der Waals surface area contributed by atoms with Crippen molar-refractivity contribution in [3.63, 3.8) is 0 Å². The maximum absolute atomic E-state index is 13.7. The minimum absolute atomic E-state index is 0.240. The molecule has 1 rings (SSSR count). The Labute approximate surface area is 90.9 Å². The topological polar surface area (TPSA) is 40.5 Å². The molecule has 0 bridgehead atoms. The molecule has 0 aliphatic heterocycles. The molecule has 0 unspecified atom stereocenters. The van der Waals surface area contributed by atoms with Gasteiger partial charge in [0.15, 0.2) is 0 Å². The highest BCUT2D eigenvalue weighted by molar-refractivity contribution is 6.89. The standard InChI is InChI=1S/C10H16BFO2Si/c1-7-5-9(12)10(15(2,3)4)6-8(7)11(13)14/h5-6,13-14H,1-4H3. The average molecular weight is 226 g/mol. The fourth-order valence-electron chi connectivity index (χ4n) is 1.54. The molecule has 1 aromatic rings. The summed E-state index contributed by atoms with van der Waals surface area (Å²) in [4.78, 5) is 0. The second-order valence-corrected chi connectivity index (χ2v) is 9.85. The van der Waals surface area contributed by atoms with Gasteiger partial charge in [0.25, 0.3) is 0 Å². The molecule has 0 heterocycles. The van der Waals surface area contributed by atoms with Crippen LogP contribution in [-0.4, -0.2) is 25.2 Å². The van der Waals surface area contributed by atoms with Crippen molar-refractivity contribution in [1.82, 2.24) is 0 Å². The van der Waals surface area contributed by atoms with Gasteiger partial charge in [-0.25, -0.2) is 4.39 Å². The number of benzene rings is 1. The summed E-state index contributed by atoms with van der Waals surface area (Å²) in [5, 5.41) is 18.9.